The number of halogens is 1. The van der Waals surface area contributed by atoms with Crippen molar-refractivity contribution in [2.24, 2.45) is 5.73 Å². The Morgan fingerprint density at radius 1 is 1.50 bits per heavy atom. The van der Waals surface area contributed by atoms with Gasteiger partial charge >= 0.3 is 0 Å². The van der Waals surface area contributed by atoms with E-state index in [1.54, 1.807) is 7.11 Å². The summed E-state index contributed by atoms with van der Waals surface area (Å²) in [6.45, 7) is 3.12. The number of methoxy groups -OCH3 is 1. The van der Waals surface area contributed by atoms with E-state index < -0.39 is 0 Å². The van der Waals surface area contributed by atoms with E-state index in [0.29, 0.717) is 11.7 Å². The van der Waals surface area contributed by atoms with Gasteiger partial charge in [-0.1, -0.05) is 12.1 Å². The van der Waals surface area contributed by atoms with Crippen molar-refractivity contribution in [2.75, 3.05) is 20.2 Å². The number of nitrogens with zero attached hydrogens (tertiary/aromatic N) is 1. The summed E-state index contributed by atoms with van der Waals surface area (Å²) < 4.78 is 18.8. The van der Waals surface area contributed by atoms with Crippen molar-refractivity contribution >= 4 is 0 Å². The van der Waals surface area contributed by atoms with Gasteiger partial charge in [0.2, 0.25) is 0 Å². The number of hydrogen-bond acceptors (Lipinski definition) is 3. The molecule has 1 aliphatic heterocycles. The van der Waals surface area contributed by atoms with E-state index in [2.05, 4.69) is 4.90 Å². The second-order valence-corrected chi connectivity index (χ2v) is 4.86. The molecule has 1 atom stereocenters. The highest BCUT2D eigenvalue weighted by Crippen LogP contribution is 2.17. The van der Waals surface area contributed by atoms with E-state index in [-0.39, 0.29) is 12.4 Å². The lowest BCUT2D eigenvalue weighted by molar-refractivity contribution is 0.0285. The van der Waals surface area contributed by atoms with Gasteiger partial charge < -0.3 is 10.5 Å². The fourth-order valence-corrected chi connectivity index (χ4v) is 2.49. The molecule has 4 heteroatoms. The van der Waals surface area contributed by atoms with Crippen molar-refractivity contribution < 1.29 is 9.13 Å². The van der Waals surface area contributed by atoms with Gasteiger partial charge in [0.15, 0.2) is 0 Å². The Morgan fingerprint density at radius 2 is 2.33 bits per heavy atom. The second-order valence-electron chi connectivity index (χ2n) is 4.86. The first-order valence-electron chi connectivity index (χ1n) is 6.45. The SMILES string of the molecule is COC1CCCN(Cc2ccc(F)c(CN)c2)C1. The van der Waals surface area contributed by atoms with Crippen LogP contribution in [-0.4, -0.2) is 31.2 Å². The molecule has 1 heterocycles. The largest absolute Gasteiger partial charge is 0.380 e. The van der Waals surface area contributed by atoms with Gasteiger partial charge in [0, 0.05) is 32.3 Å². The zero-order valence-corrected chi connectivity index (χ0v) is 10.9. The maximum atomic E-state index is 13.4. The minimum absolute atomic E-state index is 0.213. The summed E-state index contributed by atoms with van der Waals surface area (Å²) >= 11 is 0. The first-order chi connectivity index (χ1) is 8.72. The van der Waals surface area contributed by atoms with Gasteiger partial charge in [-0.05, 0) is 31.0 Å². The van der Waals surface area contributed by atoms with E-state index >= 15 is 0 Å². The molecule has 0 radical (unpaired) electrons. The first kappa shape index (κ1) is 13.5. The minimum Gasteiger partial charge on any atom is -0.380 e. The number of nitrogens with two attached hydrogens (primary N) is 1. The van der Waals surface area contributed by atoms with Crippen LogP contribution in [0.5, 0.6) is 0 Å². The van der Waals surface area contributed by atoms with Crippen LogP contribution in [0.15, 0.2) is 18.2 Å². The predicted molar refractivity (Wildman–Crippen MR) is 69.6 cm³/mol. The fourth-order valence-electron chi connectivity index (χ4n) is 2.49. The third-order valence-electron chi connectivity index (χ3n) is 3.53. The summed E-state index contributed by atoms with van der Waals surface area (Å²) in [5, 5.41) is 0. The molecular formula is C14H21FN2O. The average Bonchev–Trinajstić information content (AvgIpc) is 2.41. The second kappa shape index (κ2) is 6.27. The van der Waals surface area contributed by atoms with Crippen LogP contribution >= 0.6 is 0 Å². The van der Waals surface area contributed by atoms with E-state index in [1.807, 2.05) is 12.1 Å². The van der Waals surface area contributed by atoms with Gasteiger partial charge in [-0.25, -0.2) is 4.39 Å². The van der Waals surface area contributed by atoms with Crippen LogP contribution in [0.4, 0.5) is 4.39 Å². The number of ether oxygens (including phenoxy) is 1. The normalized spacial score (nSPS) is 21.2. The zero-order chi connectivity index (χ0) is 13.0. The molecule has 0 bridgehead atoms. The van der Waals surface area contributed by atoms with Crippen LogP contribution in [0, 0.1) is 5.82 Å². The van der Waals surface area contributed by atoms with Crippen LogP contribution in [0.3, 0.4) is 0 Å². The quantitative estimate of drug-likeness (QED) is 0.889. The Labute approximate surface area is 108 Å². The Balaban J connectivity index is 2.00. The molecule has 0 saturated carbocycles. The molecule has 2 N–H and O–H groups in total. The lowest BCUT2D eigenvalue weighted by atomic mass is 10.1. The maximum absolute atomic E-state index is 13.4. The Morgan fingerprint density at radius 3 is 3.06 bits per heavy atom. The van der Waals surface area contributed by atoms with Crippen molar-refractivity contribution in [1.29, 1.82) is 0 Å². The highest BCUT2D eigenvalue weighted by molar-refractivity contribution is 5.25. The standard InChI is InChI=1S/C14H21FN2O/c1-18-13-3-2-6-17(10-13)9-11-4-5-14(15)12(7-11)8-16/h4-5,7,13H,2-3,6,8-10,16H2,1H3. The summed E-state index contributed by atoms with van der Waals surface area (Å²) in [7, 11) is 1.76. The molecule has 0 spiro atoms. The van der Waals surface area contributed by atoms with Gasteiger partial charge in [-0.15, -0.1) is 0 Å². The molecule has 0 aromatic heterocycles. The highest BCUT2D eigenvalue weighted by Gasteiger charge is 2.19. The van der Waals surface area contributed by atoms with E-state index in [1.165, 1.54) is 6.07 Å². The van der Waals surface area contributed by atoms with Gasteiger partial charge in [-0.3, -0.25) is 4.90 Å². The van der Waals surface area contributed by atoms with Gasteiger partial charge in [-0.2, -0.15) is 0 Å². The van der Waals surface area contributed by atoms with Gasteiger partial charge in [0.05, 0.1) is 6.10 Å². The van der Waals surface area contributed by atoms with Crippen molar-refractivity contribution in [1.82, 2.24) is 4.90 Å². The number of piperidine rings is 1. The summed E-state index contributed by atoms with van der Waals surface area (Å²) in [4.78, 5) is 2.35. The van der Waals surface area contributed by atoms with Crippen molar-refractivity contribution in [3.05, 3.63) is 35.1 Å². The molecule has 1 saturated heterocycles. The molecule has 1 aromatic rings. The summed E-state index contributed by atoms with van der Waals surface area (Å²) in [6.07, 6.45) is 2.61. The lowest BCUT2D eigenvalue weighted by Gasteiger charge is -2.31. The van der Waals surface area contributed by atoms with Crippen LogP contribution in [0.1, 0.15) is 24.0 Å². The van der Waals surface area contributed by atoms with Crippen LogP contribution in [-0.2, 0) is 17.8 Å². The summed E-state index contributed by atoms with van der Waals surface area (Å²) in [5.41, 5.74) is 7.23. The molecule has 0 amide bonds. The van der Waals surface area contributed by atoms with Crippen molar-refractivity contribution in [2.45, 2.75) is 32.0 Å². The molecule has 1 fully saturated rings. The Hall–Kier alpha value is -0.970. The topological polar surface area (TPSA) is 38.5 Å². The van der Waals surface area contributed by atoms with Crippen molar-refractivity contribution in [3.8, 4) is 0 Å². The molecule has 2 rings (SSSR count). The third kappa shape index (κ3) is 3.28. The number of benzene rings is 1. The van der Waals surface area contributed by atoms with Crippen molar-refractivity contribution in [3.63, 3.8) is 0 Å². The molecule has 1 aromatic carbocycles. The Kier molecular flexibility index (Phi) is 4.69. The molecule has 18 heavy (non-hydrogen) atoms. The molecule has 1 aliphatic rings. The summed E-state index contributed by atoms with van der Waals surface area (Å²) in [6, 6.07) is 5.21. The van der Waals surface area contributed by atoms with Gasteiger partial charge in [0.1, 0.15) is 5.82 Å². The monoisotopic (exact) mass is 252 g/mol. The smallest absolute Gasteiger partial charge is 0.127 e. The average molecular weight is 252 g/mol. The fraction of sp³-hybridized carbons (Fsp3) is 0.571. The first-order valence-corrected chi connectivity index (χ1v) is 6.45. The highest BCUT2D eigenvalue weighted by atomic mass is 19.1. The Bertz CT molecular complexity index is 397. The van der Waals surface area contributed by atoms with E-state index in [4.69, 9.17) is 10.5 Å². The minimum atomic E-state index is -0.213. The molecule has 0 aliphatic carbocycles. The maximum Gasteiger partial charge on any atom is 0.127 e. The molecular weight excluding hydrogens is 231 g/mol. The summed E-state index contributed by atoms with van der Waals surface area (Å²) in [5.74, 6) is -0.213. The number of rotatable bonds is 4. The van der Waals surface area contributed by atoms with Crippen LogP contribution in [0.25, 0.3) is 0 Å². The predicted octanol–water partition coefficient (Wildman–Crippen LogP) is 1.90. The molecule has 1 unspecified atom stereocenters. The molecule has 3 nitrogen and oxygen atoms in total. The van der Waals surface area contributed by atoms with Gasteiger partial charge in [0.25, 0.3) is 0 Å². The third-order valence-corrected chi connectivity index (χ3v) is 3.53. The van der Waals surface area contributed by atoms with E-state index in [0.717, 1.165) is 38.0 Å². The van der Waals surface area contributed by atoms with E-state index in [9.17, 15) is 4.39 Å². The number of likely N-dealkylation sites (tertiary alicyclic amines) is 1. The lowest BCUT2D eigenvalue weighted by Crippen LogP contribution is -2.38. The van der Waals surface area contributed by atoms with Crippen LogP contribution in [0.2, 0.25) is 0 Å². The van der Waals surface area contributed by atoms with Crippen LogP contribution < -0.4 is 5.73 Å². The molecule has 100 valence electrons. The zero-order valence-electron chi connectivity index (χ0n) is 10.9. The number of hydrogen-bond donors (Lipinski definition) is 1.